The maximum Gasteiger partial charge on any atom is 0.345 e. The Kier molecular flexibility index (Phi) is 5.28. The Morgan fingerprint density at radius 2 is 2.20 bits per heavy atom. The zero-order chi connectivity index (χ0) is 17.8. The Morgan fingerprint density at radius 1 is 1.40 bits per heavy atom. The van der Waals surface area contributed by atoms with Gasteiger partial charge in [0, 0.05) is 12.2 Å². The van der Waals surface area contributed by atoms with Gasteiger partial charge in [-0.1, -0.05) is 38.1 Å². The summed E-state index contributed by atoms with van der Waals surface area (Å²) in [6, 6.07) is 9.74. The Labute approximate surface area is 146 Å². The second-order valence-electron chi connectivity index (χ2n) is 6.71. The molecule has 2 N–H and O–H groups in total. The van der Waals surface area contributed by atoms with Gasteiger partial charge in [-0.05, 0) is 36.0 Å². The molecule has 1 aromatic carbocycles. The number of nitrogens with zero attached hydrogens (tertiary/aromatic N) is 1. The lowest BCUT2D eigenvalue weighted by atomic mass is 9.97. The van der Waals surface area contributed by atoms with Crippen molar-refractivity contribution in [3.8, 4) is 0 Å². The van der Waals surface area contributed by atoms with E-state index in [2.05, 4.69) is 35.2 Å². The number of carbonyl (C=O) groups excluding carboxylic acids is 1. The molecular weight excluding hydrogens is 318 g/mol. The van der Waals surface area contributed by atoms with Gasteiger partial charge in [0.1, 0.15) is 11.8 Å². The molecule has 0 saturated carbocycles. The van der Waals surface area contributed by atoms with Gasteiger partial charge in [-0.25, -0.2) is 4.79 Å². The van der Waals surface area contributed by atoms with Gasteiger partial charge < -0.3 is 15.0 Å². The number of hydrogen-bond donors (Lipinski definition) is 2. The molecule has 0 spiro atoms. The minimum Gasteiger partial charge on any atom is -0.371 e. The van der Waals surface area contributed by atoms with Crippen LogP contribution in [0.1, 0.15) is 47.3 Å². The standard InChI is InChI=1S/C19H23N3O3/c1-12(2)9-14-10-16(22-19(24)21-14)18(23)20-11-17-15-6-4-3-5-13(15)7-8-25-17/h3-6,10,12,17H,7-9,11H2,1-2H3,(H,20,23)(H,21,22,24). The smallest absolute Gasteiger partial charge is 0.345 e. The van der Waals surface area contributed by atoms with E-state index < -0.39 is 5.69 Å². The van der Waals surface area contributed by atoms with Crippen LogP contribution in [0, 0.1) is 5.92 Å². The van der Waals surface area contributed by atoms with Crippen LogP contribution >= 0.6 is 0 Å². The second kappa shape index (κ2) is 7.61. The van der Waals surface area contributed by atoms with Crippen molar-refractivity contribution < 1.29 is 9.53 Å². The number of fused-ring (bicyclic) bond motifs is 1. The van der Waals surface area contributed by atoms with Crippen molar-refractivity contribution in [1.82, 2.24) is 15.3 Å². The average molecular weight is 341 g/mol. The molecule has 25 heavy (non-hydrogen) atoms. The van der Waals surface area contributed by atoms with Crippen molar-refractivity contribution in [3.05, 3.63) is 63.3 Å². The lowest BCUT2D eigenvalue weighted by Gasteiger charge is -2.26. The molecule has 1 atom stereocenters. The normalized spacial score (nSPS) is 16.5. The molecule has 132 valence electrons. The number of H-pyrrole nitrogens is 1. The second-order valence-corrected chi connectivity index (χ2v) is 6.71. The molecule has 6 heteroatoms. The van der Waals surface area contributed by atoms with Crippen molar-refractivity contribution in [2.24, 2.45) is 5.92 Å². The van der Waals surface area contributed by atoms with E-state index in [-0.39, 0.29) is 17.7 Å². The van der Waals surface area contributed by atoms with Crippen molar-refractivity contribution >= 4 is 5.91 Å². The third-order valence-corrected chi connectivity index (χ3v) is 4.20. The Bertz CT molecular complexity index is 814. The molecule has 0 radical (unpaired) electrons. The fraction of sp³-hybridized carbons (Fsp3) is 0.421. The van der Waals surface area contributed by atoms with Crippen LogP contribution in [0.4, 0.5) is 0 Å². The monoisotopic (exact) mass is 341 g/mol. The lowest BCUT2D eigenvalue weighted by molar-refractivity contribution is 0.0411. The van der Waals surface area contributed by atoms with Crippen LogP contribution in [0.5, 0.6) is 0 Å². The van der Waals surface area contributed by atoms with Crippen LogP contribution < -0.4 is 11.0 Å². The van der Waals surface area contributed by atoms with E-state index >= 15 is 0 Å². The fourth-order valence-corrected chi connectivity index (χ4v) is 3.10. The van der Waals surface area contributed by atoms with E-state index in [0.29, 0.717) is 25.5 Å². The van der Waals surface area contributed by atoms with E-state index in [4.69, 9.17) is 4.74 Å². The third-order valence-electron chi connectivity index (χ3n) is 4.20. The van der Waals surface area contributed by atoms with E-state index in [0.717, 1.165) is 17.7 Å². The number of rotatable bonds is 5. The van der Waals surface area contributed by atoms with E-state index in [9.17, 15) is 9.59 Å². The number of hydrogen-bond acceptors (Lipinski definition) is 4. The average Bonchev–Trinajstić information content (AvgIpc) is 2.58. The summed E-state index contributed by atoms with van der Waals surface area (Å²) >= 11 is 0. The highest BCUT2D eigenvalue weighted by atomic mass is 16.5. The van der Waals surface area contributed by atoms with Gasteiger partial charge in [-0.2, -0.15) is 4.98 Å². The first-order chi connectivity index (χ1) is 12.0. The number of carbonyl (C=O) groups is 1. The fourth-order valence-electron chi connectivity index (χ4n) is 3.10. The van der Waals surface area contributed by atoms with Crippen LogP contribution in [0.2, 0.25) is 0 Å². The molecular formula is C19H23N3O3. The van der Waals surface area contributed by atoms with Crippen LogP contribution in [0.15, 0.2) is 35.1 Å². The summed E-state index contributed by atoms with van der Waals surface area (Å²) in [5.41, 5.74) is 2.72. The largest absolute Gasteiger partial charge is 0.371 e. The molecule has 1 aliphatic heterocycles. The molecule has 1 aromatic heterocycles. The molecule has 1 aliphatic rings. The first-order valence-electron chi connectivity index (χ1n) is 8.61. The zero-order valence-electron chi connectivity index (χ0n) is 14.5. The predicted molar refractivity (Wildman–Crippen MR) is 94.6 cm³/mol. The van der Waals surface area contributed by atoms with Gasteiger partial charge in [-0.15, -0.1) is 0 Å². The van der Waals surface area contributed by atoms with Gasteiger partial charge >= 0.3 is 5.69 Å². The molecule has 3 rings (SSSR count). The van der Waals surface area contributed by atoms with Crippen LogP contribution in [0.25, 0.3) is 0 Å². The summed E-state index contributed by atoms with van der Waals surface area (Å²) in [5, 5.41) is 2.84. The number of ether oxygens (including phenoxy) is 1. The highest BCUT2D eigenvalue weighted by molar-refractivity contribution is 5.92. The molecule has 6 nitrogen and oxygen atoms in total. The minimum atomic E-state index is -0.498. The topological polar surface area (TPSA) is 84.1 Å². The van der Waals surface area contributed by atoms with E-state index in [1.807, 2.05) is 18.2 Å². The van der Waals surface area contributed by atoms with Gasteiger partial charge in [0.15, 0.2) is 0 Å². The summed E-state index contributed by atoms with van der Waals surface area (Å²) in [4.78, 5) is 30.6. The van der Waals surface area contributed by atoms with Crippen LogP contribution in [-0.4, -0.2) is 29.0 Å². The Morgan fingerprint density at radius 3 is 3.00 bits per heavy atom. The maximum absolute atomic E-state index is 12.4. The summed E-state index contributed by atoms with van der Waals surface area (Å²) in [6.07, 6.45) is 1.40. The Hall–Kier alpha value is -2.47. The summed E-state index contributed by atoms with van der Waals surface area (Å²) in [5.74, 6) is 0.0175. The van der Waals surface area contributed by atoms with Crippen molar-refractivity contribution in [2.45, 2.75) is 32.8 Å². The molecule has 0 aliphatic carbocycles. The van der Waals surface area contributed by atoms with Gasteiger partial charge in [0.2, 0.25) is 0 Å². The van der Waals surface area contributed by atoms with Gasteiger partial charge in [0.25, 0.3) is 5.91 Å². The highest BCUT2D eigenvalue weighted by Gasteiger charge is 2.21. The number of benzene rings is 1. The molecule has 1 amide bonds. The van der Waals surface area contributed by atoms with Crippen LogP contribution in [0.3, 0.4) is 0 Å². The number of aromatic nitrogens is 2. The van der Waals surface area contributed by atoms with Crippen molar-refractivity contribution in [1.29, 1.82) is 0 Å². The number of amides is 1. The maximum atomic E-state index is 12.4. The molecule has 0 bridgehead atoms. The Balaban J connectivity index is 1.69. The zero-order valence-corrected chi connectivity index (χ0v) is 14.5. The number of aromatic amines is 1. The number of nitrogens with one attached hydrogen (secondary N) is 2. The van der Waals surface area contributed by atoms with Crippen molar-refractivity contribution in [3.63, 3.8) is 0 Å². The summed E-state index contributed by atoms with van der Waals surface area (Å²) in [7, 11) is 0. The minimum absolute atomic E-state index is 0.142. The third kappa shape index (κ3) is 4.33. The summed E-state index contributed by atoms with van der Waals surface area (Å²) < 4.78 is 5.79. The van der Waals surface area contributed by atoms with Gasteiger partial charge in [0.05, 0.1) is 6.61 Å². The first kappa shape index (κ1) is 17.4. The van der Waals surface area contributed by atoms with E-state index in [1.54, 1.807) is 6.07 Å². The molecule has 0 saturated heterocycles. The highest BCUT2D eigenvalue weighted by Crippen LogP contribution is 2.26. The predicted octanol–water partition coefficient (Wildman–Crippen LogP) is 2.01. The van der Waals surface area contributed by atoms with Crippen LogP contribution in [-0.2, 0) is 17.6 Å². The first-order valence-corrected chi connectivity index (χ1v) is 8.61. The molecule has 0 fully saturated rings. The summed E-state index contributed by atoms with van der Waals surface area (Å²) in [6.45, 7) is 5.09. The molecule has 2 aromatic rings. The van der Waals surface area contributed by atoms with E-state index in [1.165, 1.54) is 5.56 Å². The lowest BCUT2D eigenvalue weighted by Crippen LogP contribution is -2.33. The van der Waals surface area contributed by atoms with Crippen molar-refractivity contribution in [2.75, 3.05) is 13.2 Å². The quantitative estimate of drug-likeness (QED) is 0.871. The SMILES string of the molecule is CC(C)Cc1cc(C(=O)NCC2OCCc3ccccc32)nc(=O)[nH]1. The molecule has 1 unspecified atom stereocenters. The van der Waals surface area contributed by atoms with Gasteiger partial charge in [-0.3, -0.25) is 4.79 Å². The molecule has 2 heterocycles.